The largest absolute Gasteiger partial charge is 0.449 e. The number of thiophene rings is 1. The molecule has 0 bridgehead atoms. The number of aryl methyl sites for hydroxylation is 1. The van der Waals surface area contributed by atoms with Crippen LogP contribution in [-0.4, -0.2) is 41.2 Å². The summed E-state index contributed by atoms with van der Waals surface area (Å²) in [5.41, 5.74) is 2.99. The first-order valence-electron chi connectivity index (χ1n) is 11.8. The summed E-state index contributed by atoms with van der Waals surface area (Å²) >= 11 is 1.48. The van der Waals surface area contributed by atoms with Crippen LogP contribution in [0.3, 0.4) is 0 Å². The van der Waals surface area contributed by atoms with E-state index in [4.69, 9.17) is 14.9 Å². The van der Waals surface area contributed by atoms with Crippen molar-refractivity contribution >= 4 is 50.0 Å². The number of ether oxygens (including phenoxy) is 1. The van der Waals surface area contributed by atoms with Gasteiger partial charge in [0.2, 0.25) is 10.0 Å². The maximum Gasteiger partial charge on any atom is 0.339 e. The number of nitrogens with one attached hydrogen (secondary N) is 1. The molecular formula is C27H23N5O5S2. The summed E-state index contributed by atoms with van der Waals surface area (Å²) in [5.74, 6) is -1.30. The molecule has 0 saturated carbocycles. The molecule has 1 amide bonds. The number of esters is 1. The molecule has 0 aliphatic heterocycles. The Hall–Kier alpha value is -4.39. The Labute approximate surface area is 228 Å². The maximum absolute atomic E-state index is 13.5. The zero-order valence-electron chi connectivity index (χ0n) is 20.9. The summed E-state index contributed by atoms with van der Waals surface area (Å²) in [6.45, 7) is 3.23. The van der Waals surface area contributed by atoms with Gasteiger partial charge < -0.3 is 10.1 Å². The van der Waals surface area contributed by atoms with Crippen molar-refractivity contribution in [2.45, 2.75) is 24.8 Å². The van der Waals surface area contributed by atoms with Crippen LogP contribution in [0, 0.1) is 6.92 Å². The van der Waals surface area contributed by atoms with Crippen molar-refractivity contribution in [1.82, 2.24) is 14.8 Å². The zero-order chi connectivity index (χ0) is 27.7. The lowest BCUT2D eigenvalue weighted by atomic mass is 10.1. The molecule has 0 radical (unpaired) electrons. The van der Waals surface area contributed by atoms with E-state index in [1.807, 2.05) is 47.8 Å². The predicted molar refractivity (Wildman–Crippen MR) is 148 cm³/mol. The Morgan fingerprint density at radius 1 is 1.05 bits per heavy atom. The number of pyridine rings is 1. The van der Waals surface area contributed by atoms with Gasteiger partial charge in [0.25, 0.3) is 5.91 Å². The van der Waals surface area contributed by atoms with Crippen LogP contribution in [0.4, 0.5) is 5.69 Å². The van der Waals surface area contributed by atoms with Crippen molar-refractivity contribution in [2.24, 2.45) is 5.14 Å². The van der Waals surface area contributed by atoms with E-state index in [2.05, 4.69) is 10.4 Å². The standard InChI is InChI=1S/C27H23N5O5S2/c1-16-24-21(27(34)37-17(2)26(33)29-18-10-12-20(13-11-18)39(28,35)36)15-22(23-9-6-14-38-23)30-25(24)32(31-16)19-7-4-3-5-8-19/h3-15,17H,1-2H3,(H,29,33)(H2,28,35,36)/t17-/m1/s1. The highest BCUT2D eigenvalue weighted by molar-refractivity contribution is 7.89. The highest BCUT2D eigenvalue weighted by Crippen LogP contribution is 2.31. The van der Waals surface area contributed by atoms with E-state index < -0.39 is 28.0 Å². The smallest absolute Gasteiger partial charge is 0.339 e. The first-order valence-corrected chi connectivity index (χ1v) is 14.2. The molecule has 0 saturated heterocycles. The number of carbonyl (C=O) groups excluding carboxylic acids is 2. The van der Waals surface area contributed by atoms with Crippen LogP contribution in [-0.2, 0) is 19.6 Å². The lowest BCUT2D eigenvalue weighted by Gasteiger charge is -2.15. The Morgan fingerprint density at radius 3 is 2.41 bits per heavy atom. The molecule has 3 heterocycles. The van der Waals surface area contributed by atoms with Gasteiger partial charge in [-0.05, 0) is 67.8 Å². The maximum atomic E-state index is 13.5. The summed E-state index contributed by atoms with van der Waals surface area (Å²) in [6, 6.07) is 20.2. The second kappa shape index (κ2) is 10.4. The number of anilines is 1. The zero-order valence-corrected chi connectivity index (χ0v) is 22.5. The van der Waals surface area contributed by atoms with E-state index >= 15 is 0 Å². The SMILES string of the molecule is Cc1nn(-c2ccccc2)c2nc(-c3cccs3)cc(C(=O)O[C@H](C)C(=O)Nc3ccc(S(N)(=O)=O)cc3)c12. The average molecular weight is 562 g/mol. The molecular weight excluding hydrogens is 538 g/mol. The third-order valence-electron chi connectivity index (χ3n) is 5.91. The molecule has 0 fully saturated rings. The van der Waals surface area contributed by atoms with Crippen molar-refractivity contribution in [1.29, 1.82) is 0 Å². The van der Waals surface area contributed by atoms with Crippen molar-refractivity contribution in [3.05, 3.63) is 89.4 Å². The van der Waals surface area contributed by atoms with E-state index in [-0.39, 0.29) is 10.5 Å². The highest BCUT2D eigenvalue weighted by Gasteiger charge is 2.25. The van der Waals surface area contributed by atoms with E-state index in [0.29, 0.717) is 28.1 Å². The Kier molecular flexibility index (Phi) is 7.00. The molecule has 39 heavy (non-hydrogen) atoms. The Balaban J connectivity index is 1.46. The van der Waals surface area contributed by atoms with Crippen LogP contribution in [0.15, 0.2) is 83.1 Å². The van der Waals surface area contributed by atoms with Crippen LogP contribution >= 0.6 is 11.3 Å². The monoisotopic (exact) mass is 561 g/mol. The van der Waals surface area contributed by atoms with Gasteiger partial charge in [0.15, 0.2) is 11.8 Å². The van der Waals surface area contributed by atoms with Crippen molar-refractivity contribution in [2.75, 3.05) is 5.32 Å². The number of nitrogens with zero attached hydrogens (tertiary/aromatic N) is 3. The molecule has 0 aliphatic rings. The lowest BCUT2D eigenvalue weighted by molar-refractivity contribution is -0.123. The number of hydrogen-bond donors (Lipinski definition) is 2. The molecule has 5 aromatic rings. The van der Waals surface area contributed by atoms with E-state index in [0.717, 1.165) is 10.6 Å². The minimum absolute atomic E-state index is 0.0883. The number of nitrogens with two attached hydrogens (primary N) is 1. The van der Waals surface area contributed by atoms with Gasteiger partial charge in [0.1, 0.15) is 0 Å². The van der Waals surface area contributed by atoms with Crippen LogP contribution < -0.4 is 10.5 Å². The fraction of sp³-hybridized carbons (Fsp3) is 0.111. The van der Waals surface area contributed by atoms with E-state index in [9.17, 15) is 18.0 Å². The van der Waals surface area contributed by atoms with Crippen LogP contribution in [0.25, 0.3) is 27.3 Å². The Morgan fingerprint density at radius 2 is 1.77 bits per heavy atom. The number of aromatic nitrogens is 3. The molecule has 3 aromatic heterocycles. The van der Waals surface area contributed by atoms with Crippen molar-refractivity contribution < 1.29 is 22.7 Å². The van der Waals surface area contributed by atoms with Crippen molar-refractivity contribution in [3.63, 3.8) is 0 Å². The molecule has 0 spiro atoms. The van der Waals surface area contributed by atoms with Gasteiger partial charge >= 0.3 is 5.97 Å². The molecule has 198 valence electrons. The van der Waals surface area contributed by atoms with Gasteiger partial charge in [0, 0.05) is 5.69 Å². The van der Waals surface area contributed by atoms with Crippen LogP contribution in [0.5, 0.6) is 0 Å². The number of sulfonamides is 1. The third kappa shape index (κ3) is 5.43. The molecule has 0 unspecified atom stereocenters. The third-order valence-corrected chi connectivity index (χ3v) is 7.73. The van der Waals surface area contributed by atoms with E-state index in [1.54, 1.807) is 17.7 Å². The van der Waals surface area contributed by atoms with Gasteiger partial charge in [-0.15, -0.1) is 11.3 Å². The molecule has 12 heteroatoms. The normalized spacial score (nSPS) is 12.3. The number of carbonyl (C=O) groups is 2. The molecule has 0 aliphatic carbocycles. The Bertz CT molecular complexity index is 1780. The number of primary sulfonamides is 1. The molecule has 10 nitrogen and oxygen atoms in total. The summed E-state index contributed by atoms with van der Waals surface area (Å²) in [6.07, 6.45) is -1.16. The molecule has 5 rings (SSSR count). The van der Waals surface area contributed by atoms with Gasteiger partial charge in [0.05, 0.1) is 37.8 Å². The van der Waals surface area contributed by atoms with Crippen molar-refractivity contribution in [3.8, 4) is 16.3 Å². The summed E-state index contributed by atoms with van der Waals surface area (Å²) in [4.78, 5) is 31.8. The van der Waals surface area contributed by atoms with Crippen LogP contribution in [0.1, 0.15) is 23.0 Å². The fourth-order valence-corrected chi connectivity index (χ4v) is 5.20. The second-order valence-electron chi connectivity index (χ2n) is 8.67. The minimum atomic E-state index is -3.86. The summed E-state index contributed by atoms with van der Waals surface area (Å²) in [5, 5.41) is 14.8. The number of fused-ring (bicyclic) bond motifs is 1. The first kappa shape index (κ1) is 26.2. The second-order valence-corrected chi connectivity index (χ2v) is 11.2. The van der Waals surface area contributed by atoms with Crippen LogP contribution in [0.2, 0.25) is 0 Å². The fourth-order valence-electron chi connectivity index (χ4n) is 4.00. The average Bonchev–Trinajstić information content (AvgIpc) is 3.57. The summed E-state index contributed by atoms with van der Waals surface area (Å²) < 4.78 is 30.2. The molecule has 3 N–H and O–H groups in total. The molecule has 1 atom stereocenters. The van der Waals surface area contributed by atoms with E-state index in [1.165, 1.54) is 42.5 Å². The number of benzene rings is 2. The topological polar surface area (TPSA) is 146 Å². The number of amides is 1. The molecule has 2 aromatic carbocycles. The van der Waals surface area contributed by atoms with Gasteiger partial charge in [-0.1, -0.05) is 24.3 Å². The number of para-hydroxylation sites is 1. The number of rotatable bonds is 7. The predicted octanol–water partition coefficient (Wildman–Crippen LogP) is 4.29. The van der Waals surface area contributed by atoms with Gasteiger partial charge in [-0.2, -0.15) is 5.10 Å². The quantitative estimate of drug-likeness (QED) is 0.282. The minimum Gasteiger partial charge on any atom is -0.449 e. The van der Waals surface area contributed by atoms with Gasteiger partial charge in [-0.3, -0.25) is 4.79 Å². The first-order chi connectivity index (χ1) is 18.6. The summed E-state index contributed by atoms with van der Waals surface area (Å²) in [7, 11) is -3.86. The lowest BCUT2D eigenvalue weighted by Crippen LogP contribution is -2.30. The number of hydrogen-bond acceptors (Lipinski definition) is 8. The van der Waals surface area contributed by atoms with Gasteiger partial charge in [-0.25, -0.2) is 28.0 Å². The highest BCUT2D eigenvalue weighted by atomic mass is 32.2.